The Kier molecular flexibility index (Phi) is 36.3. The number of hydrogen-bond acceptors (Lipinski definition) is 21. The van der Waals surface area contributed by atoms with Gasteiger partial charge in [-0.15, -0.1) is 0 Å². The zero-order valence-electron chi connectivity index (χ0n) is 42.0. The van der Waals surface area contributed by atoms with Crippen molar-refractivity contribution in [3.8, 4) is 0 Å². The molecule has 4 atom stereocenters. The molecule has 0 aliphatic carbocycles. The molecule has 71 heavy (non-hydrogen) atoms. The maximum atomic E-state index is 12.5. The van der Waals surface area contributed by atoms with Gasteiger partial charge in [0.15, 0.2) is 0 Å². The van der Waals surface area contributed by atoms with Crippen molar-refractivity contribution in [1.82, 2.24) is 16.0 Å². The first-order valence-electron chi connectivity index (χ1n) is 22.5. The molecule has 4 unspecified atom stereocenters. The molecule has 26 nitrogen and oxygen atoms in total. The second kappa shape index (κ2) is 38.9. The summed E-state index contributed by atoms with van der Waals surface area (Å²) in [5, 5.41) is 7.60. The topological polar surface area (TPSA) is 325 Å². The number of amides is 3. The Morgan fingerprint density at radius 2 is 0.718 bits per heavy atom. The highest BCUT2D eigenvalue weighted by Gasteiger charge is 2.34. The second-order valence-electron chi connectivity index (χ2n) is 16.0. The van der Waals surface area contributed by atoms with E-state index in [1.165, 1.54) is 27.7 Å². The Morgan fingerprint density at radius 1 is 0.451 bits per heavy atom. The van der Waals surface area contributed by atoms with Gasteiger partial charge >= 0.3 is 44.0 Å². The lowest BCUT2D eigenvalue weighted by Gasteiger charge is -2.34. The van der Waals surface area contributed by atoms with Gasteiger partial charge < -0.3 is 87.3 Å². The van der Waals surface area contributed by atoms with Gasteiger partial charge in [-0.25, -0.2) is 33.3 Å². The van der Waals surface area contributed by atoms with Crippen molar-refractivity contribution in [1.29, 1.82) is 0 Å². The molecule has 0 saturated heterocycles. The number of hydrogen-bond donors (Lipinski definition) is 5. The number of nitrogens with one attached hydrogen (secondary N) is 3. The lowest BCUT2D eigenvalue weighted by Crippen LogP contribution is -2.44. The quantitative estimate of drug-likeness (QED) is 0.0192. The highest BCUT2D eigenvalue weighted by Crippen LogP contribution is 2.37. The normalized spacial score (nSPS) is 13.8. The van der Waals surface area contributed by atoms with Crippen molar-refractivity contribution in [2.75, 3.05) is 132 Å². The molecule has 0 aliphatic rings. The maximum absolute atomic E-state index is 12.5. The predicted octanol–water partition coefficient (Wildman–Crippen LogP) is 2.29. The lowest BCUT2D eigenvalue weighted by molar-refractivity contribution is -0.141. The van der Waals surface area contributed by atoms with E-state index in [4.69, 9.17) is 66.1 Å². The van der Waals surface area contributed by atoms with Gasteiger partial charge in [0.05, 0.1) is 104 Å². The first-order chi connectivity index (χ1) is 33.4. The van der Waals surface area contributed by atoms with Crippen LogP contribution < -0.4 is 16.0 Å². The molecule has 0 heterocycles. The Balaban J connectivity index is 5.64. The molecule has 0 bridgehead atoms. The number of ether oxygens (including phenoxy) is 13. The van der Waals surface area contributed by atoms with Crippen LogP contribution in [0.25, 0.3) is 0 Å². The van der Waals surface area contributed by atoms with Crippen LogP contribution in [0.2, 0.25) is 0 Å². The number of esters is 3. The standard InChI is InChI=1S/C44H76N3O23P/c1-31(2)38(48)64-20-17-57-14-11-45-41(51)67-34(7)23-60-27-44(30-63-26-37(10)70-71(54,55)56,28-61-24-35(8)68-42(52)46-12-15-58-18-21-65-39(49)32(3)4)29-62-25-36(9)69-43(53)47-13-16-59-19-22-66-40(50)33(5)6/h34-37H,1,3,5,11-30H2,2,4,6-10H3,(H,45,51)(H,46,52)(H,47,53)(H2,54,55,56). The number of carbonyl (C=O) groups is 6. The van der Waals surface area contributed by atoms with E-state index in [2.05, 4.69) is 35.7 Å². The van der Waals surface area contributed by atoms with Crippen LogP contribution in [0.15, 0.2) is 36.5 Å². The maximum Gasteiger partial charge on any atom is 0.469 e. The minimum Gasteiger partial charge on any atom is -0.460 e. The third-order valence-electron chi connectivity index (χ3n) is 8.26. The molecule has 0 rings (SSSR count). The molecular weight excluding hydrogens is 969 g/mol. The molecule has 0 radical (unpaired) electrons. The predicted molar refractivity (Wildman–Crippen MR) is 250 cm³/mol. The van der Waals surface area contributed by atoms with E-state index in [0.717, 1.165) is 0 Å². The van der Waals surface area contributed by atoms with Gasteiger partial charge in [0.1, 0.15) is 38.1 Å². The van der Waals surface area contributed by atoms with Crippen LogP contribution in [0.1, 0.15) is 48.5 Å². The molecule has 27 heteroatoms. The van der Waals surface area contributed by atoms with Crippen molar-refractivity contribution in [2.45, 2.75) is 72.9 Å². The Morgan fingerprint density at radius 3 is 0.972 bits per heavy atom. The molecule has 0 aliphatic heterocycles. The SMILES string of the molecule is C=C(C)C(=O)OCCOCCNC(=O)OC(C)COCC(COCC(C)OC(=O)NCCOCCOC(=O)C(=C)C)(COCC(C)OC(=O)NCCOCCOC(=O)C(=C)C)COCC(C)OP(=O)(O)O. The van der Waals surface area contributed by atoms with Crippen molar-refractivity contribution in [3.05, 3.63) is 36.5 Å². The van der Waals surface area contributed by atoms with Crippen molar-refractivity contribution in [2.24, 2.45) is 5.41 Å². The summed E-state index contributed by atoms with van der Waals surface area (Å²) in [7, 11) is -4.86. The van der Waals surface area contributed by atoms with Crippen LogP contribution in [-0.4, -0.2) is 202 Å². The van der Waals surface area contributed by atoms with Crippen LogP contribution >= 0.6 is 7.82 Å². The van der Waals surface area contributed by atoms with E-state index in [1.807, 2.05) is 0 Å². The van der Waals surface area contributed by atoms with Gasteiger partial charge in [-0.05, 0) is 48.5 Å². The summed E-state index contributed by atoms with van der Waals surface area (Å²) in [6.07, 6.45) is -5.72. The average molecular weight is 1050 g/mol. The van der Waals surface area contributed by atoms with Crippen molar-refractivity contribution < 1.29 is 109 Å². The summed E-state index contributed by atoms with van der Waals surface area (Å²) >= 11 is 0. The van der Waals surface area contributed by atoms with Crippen LogP contribution in [-0.2, 0) is 85.1 Å². The fourth-order valence-electron chi connectivity index (χ4n) is 4.99. The molecule has 410 valence electrons. The van der Waals surface area contributed by atoms with Gasteiger partial charge in [0.2, 0.25) is 0 Å². The zero-order valence-corrected chi connectivity index (χ0v) is 42.9. The Labute approximate surface area is 415 Å². The number of phosphoric acid groups is 1. The average Bonchev–Trinajstić information content (AvgIpc) is 3.26. The number of rotatable bonds is 42. The van der Waals surface area contributed by atoms with E-state index in [0.29, 0.717) is 0 Å². The van der Waals surface area contributed by atoms with Gasteiger partial charge in [0.25, 0.3) is 0 Å². The molecule has 3 amide bonds. The summed E-state index contributed by atoms with van der Waals surface area (Å²) in [5.74, 6) is -1.63. The number of alkyl carbamates (subject to hydrolysis) is 3. The summed E-state index contributed by atoms with van der Waals surface area (Å²) in [6, 6.07) is 0. The lowest BCUT2D eigenvalue weighted by atomic mass is 9.92. The zero-order chi connectivity index (χ0) is 53.7. The molecule has 0 aromatic carbocycles. The first kappa shape index (κ1) is 66.3. The fourth-order valence-corrected chi connectivity index (χ4v) is 5.52. The number of phosphoric ester groups is 1. The Hall–Kier alpha value is -4.73. The molecule has 5 N–H and O–H groups in total. The molecule has 0 saturated carbocycles. The molecule has 0 aromatic rings. The van der Waals surface area contributed by atoms with Crippen LogP contribution in [0.4, 0.5) is 14.4 Å². The Bertz CT molecular complexity index is 1520. The summed E-state index contributed by atoms with van der Waals surface area (Å²) < 4.78 is 87.0. The monoisotopic (exact) mass is 1050 g/mol. The minimum absolute atomic E-state index is 0.00975. The van der Waals surface area contributed by atoms with Crippen molar-refractivity contribution >= 4 is 44.0 Å². The summed E-state index contributed by atoms with van der Waals surface area (Å²) in [6.45, 7) is 20.6. The third kappa shape index (κ3) is 38.6. The van der Waals surface area contributed by atoms with E-state index in [1.54, 1.807) is 20.8 Å². The van der Waals surface area contributed by atoms with Gasteiger partial charge in [-0.1, -0.05) is 19.7 Å². The molecular formula is C44H76N3O23P. The molecule has 0 spiro atoms. The van der Waals surface area contributed by atoms with Crippen LogP contribution in [0, 0.1) is 5.41 Å². The van der Waals surface area contributed by atoms with E-state index in [9.17, 15) is 43.1 Å². The van der Waals surface area contributed by atoms with E-state index >= 15 is 0 Å². The van der Waals surface area contributed by atoms with E-state index in [-0.39, 0.29) is 149 Å². The van der Waals surface area contributed by atoms with Gasteiger partial charge in [-0.3, -0.25) is 4.52 Å². The summed E-state index contributed by atoms with van der Waals surface area (Å²) in [4.78, 5) is 90.3. The third-order valence-corrected chi connectivity index (χ3v) is 8.89. The second-order valence-corrected chi connectivity index (χ2v) is 17.2. The van der Waals surface area contributed by atoms with Gasteiger partial charge in [-0.2, -0.15) is 0 Å². The highest BCUT2D eigenvalue weighted by atomic mass is 31.2. The summed E-state index contributed by atoms with van der Waals surface area (Å²) in [5.41, 5.74) is -0.449. The van der Waals surface area contributed by atoms with E-state index < -0.39 is 73.8 Å². The fraction of sp³-hybridized carbons (Fsp3) is 0.727. The molecule has 0 aromatic heterocycles. The largest absolute Gasteiger partial charge is 0.469 e. The minimum atomic E-state index is -4.86. The first-order valence-corrected chi connectivity index (χ1v) is 24.1. The highest BCUT2D eigenvalue weighted by molar-refractivity contribution is 7.46. The number of carbonyl (C=O) groups excluding carboxylic acids is 6. The van der Waals surface area contributed by atoms with Gasteiger partial charge in [0, 0.05) is 36.4 Å². The molecule has 0 fully saturated rings. The van der Waals surface area contributed by atoms with Crippen LogP contribution in [0.5, 0.6) is 0 Å². The van der Waals surface area contributed by atoms with Crippen LogP contribution in [0.3, 0.4) is 0 Å². The van der Waals surface area contributed by atoms with Crippen molar-refractivity contribution in [3.63, 3.8) is 0 Å². The smallest absolute Gasteiger partial charge is 0.460 e.